The number of esters is 1. The van der Waals surface area contributed by atoms with Crippen LogP contribution in [-0.4, -0.2) is 22.7 Å². The summed E-state index contributed by atoms with van der Waals surface area (Å²) in [6.07, 6.45) is 0.154. The van der Waals surface area contributed by atoms with Crippen LogP contribution < -0.4 is 0 Å². The van der Waals surface area contributed by atoms with E-state index in [1.807, 2.05) is 0 Å². The van der Waals surface area contributed by atoms with Crippen LogP contribution >= 0.6 is 0 Å². The van der Waals surface area contributed by atoms with Gasteiger partial charge in [-0.15, -0.1) is 0 Å². The van der Waals surface area contributed by atoms with Crippen molar-refractivity contribution in [3.63, 3.8) is 0 Å². The van der Waals surface area contributed by atoms with Crippen LogP contribution in [0.1, 0.15) is 18.3 Å². The summed E-state index contributed by atoms with van der Waals surface area (Å²) in [7, 11) is 0. The van der Waals surface area contributed by atoms with E-state index in [9.17, 15) is 4.79 Å². The molecule has 0 aliphatic heterocycles. The van der Waals surface area contributed by atoms with E-state index >= 15 is 0 Å². The van der Waals surface area contributed by atoms with Gasteiger partial charge in [0.05, 0.1) is 31.0 Å². The number of pyridine rings is 1. The van der Waals surface area contributed by atoms with Gasteiger partial charge < -0.3 is 9.84 Å². The van der Waals surface area contributed by atoms with E-state index in [1.165, 1.54) is 0 Å². The molecule has 0 bridgehead atoms. The Balaban J connectivity index is 2.62. The number of aromatic nitrogens is 1. The number of carbonyl (C=O) groups excluding carboxylic acids is 1. The highest BCUT2D eigenvalue weighted by Crippen LogP contribution is 2.01. The van der Waals surface area contributed by atoms with Gasteiger partial charge in [-0.1, -0.05) is 6.07 Å². The van der Waals surface area contributed by atoms with E-state index in [1.54, 1.807) is 25.1 Å². The van der Waals surface area contributed by atoms with Crippen LogP contribution in [0.4, 0.5) is 0 Å². The third-order valence-corrected chi connectivity index (χ3v) is 1.66. The fourth-order valence-corrected chi connectivity index (χ4v) is 1.08. The minimum atomic E-state index is -0.296. The molecule has 0 radical (unpaired) electrons. The zero-order chi connectivity index (χ0) is 10.4. The van der Waals surface area contributed by atoms with Crippen molar-refractivity contribution in [3.8, 4) is 0 Å². The van der Waals surface area contributed by atoms with Crippen LogP contribution in [0.2, 0.25) is 0 Å². The molecule has 0 amide bonds. The Morgan fingerprint density at radius 2 is 2.21 bits per heavy atom. The normalized spacial score (nSPS) is 9.86. The lowest BCUT2D eigenvalue weighted by Crippen LogP contribution is -2.09. The van der Waals surface area contributed by atoms with Crippen LogP contribution in [0.25, 0.3) is 0 Å². The summed E-state index contributed by atoms with van der Waals surface area (Å²) in [5, 5.41) is 8.82. The number of hydrogen-bond donors (Lipinski definition) is 1. The molecular weight excluding hydrogens is 182 g/mol. The van der Waals surface area contributed by atoms with E-state index in [4.69, 9.17) is 9.84 Å². The van der Waals surface area contributed by atoms with Crippen LogP contribution in [-0.2, 0) is 22.6 Å². The number of nitrogens with zero attached hydrogens (tertiary/aromatic N) is 1. The van der Waals surface area contributed by atoms with Crippen molar-refractivity contribution >= 4 is 5.97 Å². The molecule has 0 aliphatic rings. The van der Waals surface area contributed by atoms with E-state index in [2.05, 4.69) is 4.98 Å². The van der Waals surface area contributed by atoms with Gasteiger partial charge in [0.2, 0.25) is 0 Å². The van der Waals surface area contributed by atoms with E-state index in [-0.39, 0.29) is 19.0 Å². The second kappa shape index (κ2) is 5.34. The maximum Gasteiger partial charge on any atom is 0.311 e. The van der Waals surface area contributed by atoms with Crippen molar-refractivity contribution in [2.45, 2.75) is 20.0 Å². The Bertz CT molecular complexity index is 312. The Morgan fingerprint density at radius 1 is 1.50 bits per heavy atom. The molecule has 1 heterocycles. The molecule has 1 N–H and O–H groups in total. The lowest BCUT2D eigenvalue weighted by atomic mass is 10.2. The lowest BCUT2D eigenvalue weighted by Gasteiger charge is -2.02. The number of ether oxygens (including phenoxy) is 1. The van der Waals surface area contributed by atoms with Crippen LogP contribution in [0, 0.1) is 0 Å². The van der Waals surface area contributed by atoms with Crippen molar-refractivity contribution in [1.29, 1.82) is 0 Å². The zero-order valence-corrected chi connectivity index (χ0v) is 8.06. The van der Waals surface area contributed by atoms with Gasteiger partial charge in [-0.3, -0.25) is 9.78 Å². The van der Waals surface area contributed by atoms with Crippen molar-refractivity contribution < 1.29 is 14.6 Å². The Morgan fingerprint density at radius 3 is 2.86 bits per heavy atom. The van der Waals surface area contributed by atoms with Gasteiger partial charge in [-0.05, 0) is 19.1 Å². The van der Waals surface area contributed by atoms with Gasteiger partial charge in [0.25, 0.3) is 0 Å². The van der Waals surface area contributed by atoms with Gasteiger partial charge >= 0.3 is 5.97 Å². The molecule has 4 nitrogen and oxygen atoms in total. The maximum absolute atomic E-state index is 11.1. The fourth-order valence-electron chi connectivity index (χ4n) is 1.08. The Labute approximate surface area is 82.5 Å². The summed E-state index contributed by atoms with van der Waals surface area (Å²) in [5.41, 5.74) is 1.18. The first-order valence-electron chi connectivity index (χ1n) is 4.47. The molecule has 0 fully saturated rings. The summed E-state index contributed by atoms with van der Waals surface area (Å²) in [5.74, 6) is -0.296. The standard InChI is InChI=1S/C10H13NO3/c1-2-14-10(13)6-8-4-3-5-9(7-12)11-8/h3-5,12H,2,6-7H2,1H3. The van der Waals surface area contributed by atoms with E-state index in [0.717, 1.165) is 0 Å². The molecule has 1 rings (SSSR count). The first-order valence-corrected chi connectivity index (χ1v) is 4.47. The molecule has 4 heteroatoms. The van der Waals surface area contributed by atoms with Gasteiger partial charge in [0.15, 0.2) is 0 Å². The highest BCUT2D eigenvalue weighted by Gasteiger charge is 2.05. The van der Waals surface area contributed by atoms with Crippen molar-refractivity contribution in [2.24, 2.45) is 0 Å². The number of aliphatic hydroxyl groups is 1. The second-order valence-electron chi connectivity index (χ2n) is 2.76. The third-order valence-electron chi connectivity index (χ3n) is 1.66. The molecule has 0 saturated carbocycles. The third kappa shape index (κ3) is 3.14. The van der Waals surface area contributed by atoms with Gasteiger partial charge in [-0.2, -0.15) is 0 Å². The SMILES string of the molecule is CCOC(=O)Cc1cccc(CO)n1. The summed E-state index contributed by atoms with van der Waals surface area (Å²) in [6.45, 7) is 2.02. The largest absolute Gasteiger partial charge is 0.466 e. The summed E-state index contributed by atoms with van der Waals surface area (Å²) >= 11 is 0. The van der Waals surface area contributed by atoms with Gasteiger partial charge in [-0.25, -0.2) is 0 Å². The quantitative estimate of drug-likeness (QED) is 0.718. The smallest absolute Gasteiger partial charge is 0.311 e. The first kappa shape index (κ1) is 10.7. The molecule has 1 aromatic rings. The Kier molecular flexibility index (Phi) is 4.07. The van der Waals surface area contributed by atoms with Crippen LogP contribution in [0.5, 0.6) is 0 Å². The molecule has 0 spiro atoms. The topological polar surface area (TPSA) is 59.4 Å². The molecule has 0 saturated heterocycles. The molecule has 0 unspecified atom stereocenters. The number of aliphatic hydroxyl groups excluding tert-OH is 1. The second-order valence-corrected chi connectivity index (χ2v) is 2.76. The Hall–Kier alpha value is -1.42. The fraction of sp³-hybridized carbons (Fsp3) is 0.400. The average molecular weight is 195 g/mol. The minimum Gasteiger partial charge on any atom is -0.466 e. The number of hydrogen-bond acceptors (Lipinski definition) is 4. The number of carbonyl (C=O) groups is 1. The molecule has 0 aromatic carbocycles. The molecule has 14 heavy (non-hydrogen) atoms. The van der Waals surface area contributed by atoms with Crippen molar-refractivity contribution in [3.05, 3.63) is 29.6 Å². The van der Waals surface area contributed by atoms with Gasteiger partial charge in [0, 0.05) is 0 Å². The van der Waals surface area contributed by atoms with E-state index < -0.39 is 0 Å². The highest BCUT2D eigenvalue weighted by molar-refractivity contribution is 5.71. The van der Waals surface area contributed by atoms with E-state index in [0.29, 0.717) is 18.0 Å². The van der Waals surface area contributed by atoms with Crippen molar-refractivity contribution in [1.82, 2.24) is 4.98 Å². The van der Waals surface area contributed by atoms with Crippen LogP contribution in [0.15, 0.2) is 18.2 Å². The molecular formula is C10H13NO3. The molecule has 0 atom stereocenters. The lowest BCUT2D eigenvalue weighted by molar-refractivity contribution is -0.142. The monoisotopic (exact) mass is 195 g/mol. The minimum absolute atomic E-state index is 0.114. The molecule has 1 aromatic heterocycles. The molecule has 0 aliphatic carbocycles. The first-order chi connectivity index (χ1) is 6.76. The zero-order valence-electron chi connectivity index (χ0n) is 8.06. The maximum atomic E-state index is 11.1. The predicted octanol–water partition coefficient (Wildman–Crippen LogP) is 0.679. The average Bonchev–Trinajstić information content (AvgIpc) is 2.18. The summed E-state index contributed by atoms with van der Waals surface area (Å²) < 4.78 is 4.78. The van der Waals surface area contributed by atoms with Crippen molar-refractivity contribution in [2.75, 3.05) is 6.61 Å². The number of rotatable bonds is 4. The predicted molar refractivity (Wildman–Crippen MR) is 50.5 cm³/mol. The van der Waals surface area contributed by atoms with Gasteiger partial charge in [0.1, 0.15) is 0 Å². The van der Waals surface area contributed by atoms with Crippen LogP contribution in [0.3, 0.4) is 0 Å². The molecule has 76 valence electrons. The summed E-state index contributed by atoms with van der Waals surface area (Å²) in [4.78, 5) is 15.1. The highest BCUT2D eigenvalue weighted by atomic mass is 16.5. The summed E-state index contributed by atoms with van der Waals surface area (Å²) in [6, 6.07) is 5.19.